The molecule has 36 heavy (non-hydrogen) atoms. The maximum atomic E-state index is 14.6. The zero-order chi connectivity index (χ0) is 26.2. The molecule has 0 unspecified atom stereocenters. The Hall–Kier alpha value is -3.00. The van der Waals surface area contributed by atoms with Crippen molar-refractivity contribution >= 4 is 21.4 Å². The molecule has 0 spiro atoms. The molecule has 1 heterocycles. The van der Waals surface area contributed by atoms with Crippen LogP contribution in [-0.2, 0) is 22.9 Å². The van der Waals surface area contributed by atoms with Crippen molar-refractivity contribution in [3.8, 4) is 16.8 Å². The minimum Gasteiger partial charge on any atom is -0.392 e. The number of nitrogens with zero attached hydrogens (tertiary/aromatic N) is 2. The molecule has 0 saturated carbocycles. The van der Waals surface area contributed by atoms with Gasteiger partial charge in [-0.1, -0.05) is 49.7 Å². The summed E-state index contributed by atoms with van der Waals surface area (Å²) in [6.07, 6.45) is 3.56. The van der Waals surface area contributed by atoms with Crippen LogP contribution in [0.2, 0.25) is 5.02 Å². The zero-order valence-electron chi connectivity index (χ0n) is 20.6. The molecule has 188 valence electrons. The van der Waals surface area contributed by atoms with Crippen LogP contribution in [0.4, 0.5) is 4.39 Å². The van der Waals surface area contributed by atoms with Crippen molar-refractivity contribution in [2.45, 2.75) is 44.6 Å². The van der Waals surface area contributed by atoms with Gasteiger partial charge in [0.15, 0.2) is 9.84 Å². The average Bonchev–Trinajstić information content (AvgIpc) is 3.24. The minimum atomic E-state index is -3.72. The molecular formula is C28H28ClFN2O3S. The lowest BCUT2D eigenvalue weighted by Crippen LogP contribution is -2.06. The molecule has 0 saturated heterocycles. The number of hydrogen-bond acceptors (Lipinski definition) is 4. The number of aliphatic hydroxyl groups excluding tert-OH is 1. The Bertz CT molecular complexity index is 1530. The lowest BCUT2D eigenvalue weighted by molar-refractivity contribution is 0.272. The second-order valence-electron chi connectivity index (χ2n) is 9.29. The van der Waals surface area contributed by atoms with E-state index < -0.39 is 22.3 Å². The van der Waals surface area contributed by atoms with Crippen LogP contribution in [0.5, 0.6) is 0 Å². The maximum Gasteiger partial charge on any atom is 0.176 e. The van der Waals surface area contributed by atoms with Crippen molar-refractivity contribution in [1.82, 2.24) is 9.55 Å². The zero-order valence-corrected chi connectivity index (χ0v) is 22.2. The third-order valence-corrected chi connectivity index (χ3v) is 7.65. The number of rotatable bonds is 7. The smallest absolute Gasteiger partial charge is 0.176 e. The van der Waals surface area contributed by atoms with E-state index in [-0.39, 0.29) is 16.4 Å². The predicted octanol–water partition coefficient (Wildman–Crippen LogP) is 6.25. The van der Waals surface area contributed by atoms with Crippen LogP contribution in [0.3, 0.4) is 0 Å². The molecule has 0 amide bonds. The fourth-order valence-corrected chi connectivity index (χ4v) is 5.36. The quantitative estimate of drug-likeness (QED) is 0.309. The van der Waals surface area contributed by atoms with Gasteiger partial charge in [-0.15, -0.1) is 0 Å². The molecule has 4 aromatic rings. The SMILES string of the molecule is Cc1ccc(Cc2nc(C(C)C)cn2-c2ccc(-c3cc(F)c(CO)c(S(C)(=O)=O)c3)cc2)c(Cl)c1. The first kappa shape index (κ1) is 26.1. The first-order chi connectivity index (χ1) is 17.0. The van der Waals surface area contributed by atoms with Gasteiger partial charge in [-0.25, -0.2) is 17.8 Å². The van der Waals surface area contributed by atoms with E-state index in [1.54, 1.807) is 0 Å². The summed E-state index contributed by atoms with van der Waals surface area (Å²) in [6, 6.07) is 16.0. The molecule has 1 aromatic heterocycles. The predicted molar refractivity (Wildman–Crippen MR) is 141 cm³/mol. The van der Waals surface area contributed by atoms with Crippen molar-refractivity contribution in [1.29, 1.82) is 0 Å². The summed E-state index contributed by atoms with van der Waals surface area (Å²) in [4.78, 5) is 4.65. The van der Waals surface area contributed by atoms with Crippen LogP contribution in [-0.4, -0.2) is 29.3 Å². The molecule has 0 bridgehead atoms. The highest BCUT2D eigenvalue weighted by Crippen LogP contribution is 2.30. The minimum absolute atomic E-state index is 0.211. The van der Waals surface area contributed by atoms with Crippen LogP contribution >= 0.6 is 11.6 Å². The number of benzene rings is 3. The molecule has 3 aromatic carbocycles. The first-order valence-electron chi connectivity index (χ1n) is 11.5. The maximum absolute atomic E-state index is 14.6. The monoisotopic (exact) mass is 526 g/mol. The number of halogens is 2. The van der Waals surface area contributed by atoms with Crippen molar-refractivity contribution < 1.29 is 17.9 Å². The van der Waals surface area contributed by atoms with Gasteiger partial charge < -0.3 is 9.67 Å². The van der Waals surface area contributed by atoms with E-state index in [1.807, 2.05) is 60.2 Å². The number of aryl methyl sites for hydroxylation is 1. The highest BCUT2D eigenvalue weighted by atomic mass is 35.5. The Labute approximate surface area is 216 Å². The number of sulfone groups is 1. The van der Waals surface area contributed by atoms with E-state index >= 15 is 0 Å². The summed E-state index contributed by atoms with van der Waals surface area (Å²) in [6.45, 7) is 5.47. The summed E-state index contributed by atoms with van der Waals surface area (Å²) < 4.78 is 41.0. The molecule has 0 aliphatic heterocycles. The van der Waals surface area contributed by atoms with Crippen molar-refractivity contribution in [2.75, 3.05) is 6.26 Å². The van der Waals surface area contributed by atoms with Gasteiger partial charge in [-0.05, 0) is 65.4 Å². The summed E-state index contributed by atoms with van der Waals surface area (Å²) in [5, 5.41) is 10.2. The lowest BCUT2D eigenvalue weighted by atomic mass is 10.0. The second kappa shape index (κ2) is 10.2. The van der Waals surface area contributed by atoms with Crippen molar-refractivity contribution in [3.63, 3.8) is 0 Å². The van der Waals surface area contributed by atoms with Gasteiger partial charge in [0.1, 0.15) is 11.6 Å². The Balaban J connectivity index is 1.74. The van der Waals surface area contributed by atoms with Gasteiger partial charge in [-0.3, -0.25) is 0 Å². The van der Waals surface area contributed by atoms with E-state index in [0.29, 0.717) is 22.6 Å². The van der Waals surface area contributed by atoms with Crippen LogP contribution in [0.15, 0.2) is 65.7 Å². The number of aliphatic hydroxyl groups is 1. The van der Waals surface area contributed by atoms with E-state index in [4.69, 9.17) is 16.6 Å². The Morgan fingerprint density at radius 3 is 2.33 bits per heavy atom. The van der Waals surface area contributed by atoms with Gasteiger partial charge in [0.05, 0.1) is 17.2 Å². The Kier molecular flexibility index (Phi) is 7.36. The normalized spacial score (nSPS) is 11.9. The van der Waals surface area contributed by atoms with E-state index in [9.17, 15) is 17.9 Å². The molecule has 8 heteroatoms. The number of imidazole rings is 1. The van der Waals surface area contributed by atoms with Crippen molar-refractivity contribution in [3.05, 3.63) is 99.8 Å². The van der Waals surface area contributed by atoms with Crippen molar-refractivity contribution in [2.24, 2.45) is 0 Å². The van der Waals surface area contributed by atoms with Crippen LogP contribution in [0, 0.1) is 12.7 Å². The van der Waals surface area contributed by atoms with Crippen LogP contribution in [0.25, 0.3) is 16.8 Å². The highest BCUT2D eigenvalue weighted by molar-refractivity contribution is 7.90. The van der Waals surface area contributed by atoms with Gasteiger partial charge in [0.2, 0.25) is 0 Å². The molecule has 0 atom stereocenters. The number of hydrogen-bond donors (Lipinski definition) is 1. The summed E-state index contributed by atoms with van der Waals surface area (Å²) >= 11 is 6.49. The van der Waals surface area contributed by atoms with Gasteiger partial charge >= 0.3 is 0 Å². The van der Waals surface area contributed by atoms with Gasteiger partial charge in [0.25, 0.3) is 0 Å². The standard InChI is InChI=1S/C28H28ClFN2O3S/c1-17(2)26-15-32(28(31-26)14-20-6-5-18(3)11-24(20)29)22-9-7-19(8-10-22)21-12-25(30)23(16-33)27(13-21)36(4,34)35/h5-13,15,17,33H,14,16H2,1-4H3. The van der Waals surface area contributed by atoms with Gasteiger partial charge in [0, 0.05) is 35.1 Å². The molecule has 4 rings (SSSR count). The fourth-order valence-electron chi connectivity index (χ4n) is 4.11. The highest BCUT2D eigenvalue weighted by Gasteiger charge is 2.19. The van der Waals surface area contributed by atoms with E-state index in [0.717, 1.165) is 34.6 Å². The second-order valence-corrected chi connectivity index (χ2v) is 11.7. The third kappa shape index (κ3) is 5.38. The summed E-state index contributed by atoms with van der Waals surface area (Å²) in [5.74, 6) is 0.322. The van der Waals surface area contributed by atoms with E-state index in [1.165, 1.54) is 12.1 Å². The summed E-state index contributed by atoms with van der Waals surface area (Å²) in [5.41, 5.74) is 4.74. The first-order valence-corrected chi connectivity index (χ1v) is 13.8. The molecule has 0 aliphatic carbocycles. The Morgan fingerprint density at radius 2 is 1.75 bits per heavy atom. The third-order valence-electron chi connectivity index (χ3n) is 6.14. The molecule has 5 nitrogen and oxygen atoms in total. The summed E-state index contributed by atoms with van der Waals surface area (Å²) in [7, 11) is -3.72. The molecule has 1 N–H and O–H groups in total. The topological polar surface area (TPSA) is 72.2 Å². The Morgan fingerprint density at radius 1 is 1.06 bits per heavy atom. The molecule has 0 aliphatic rings. The molecule has 0 fully saturated rings. The fraction of sp³-hybridized carbons (Fsp3) is 0.250. The number of aromatic nitrogens is 2. The molecule has 0 radical (unpaired) electrons. The lowest BCUT2D eigenvalue weighted by Gasteiger charge is -2.12. The largest absolute Gasteiger partial charge is 0.392 e. The van der Waals surface area contributed by atoms with E-state index in [2.05, 4.69) is 13.8 Å². The van der Waals surface area contributed by atoms with Crippen LogP contribution in [0.1, 0.15) is 48.0 Å². The average molecular weight is 527 g/mol. The van der Waals surface area contributed by atoms with Gasteiger partial charge in [-0.2, -0.15) is 0 Å². The molecular weight excluding hydrogens is 499 g/mol. The van der Waals surface area contributed by atoms with Crippen LogP contribution < -0.4 is 0 Å².